The fraction of sp³-hybridized carbons (Fsp3) is 1.00. The molecule has 0 bridgehead atoms. The van der Waals surface area contributed by atoms with Gasteiger partial charge in [-0.15, -0.1) is 0 Å². The molecule has 0 radical (unpaired) electrons. The summed E-state index contributed by atoms with van der Waals surface area (Å²) in [6.07, 6.45) is 8.34. The van der Waals surface area contributed by atoms with Gasteiger partial charge < -0.3 is 5.32 Å². The van der Waals surface area contributed by atoms with Gasteiger partial charge in [0.05, 0.1) is 0 Å². The molecule has 0 aromatic heterocycles. The molecule has 0 heterocycles. The smallest absolute Gasteiger partial charge is 0.00103 e. The van der Waals surface area contributed by atoms with E-state index in [-0.39, 0.29) is 0 Å². The molecule has 0 saturated carbocycles. The minimum absolute atomic E-state index is 0.527. The number of hydrogen-bond donors (Lipinski definition) is 1. The van der Waals surface area contributed by atoms with Crippen LogP contribution in [0.5, 0.6) is 0 Å². The molecule has 0 aliphatic heterocycles. The minimum Gasteiger partial charge on any atom is -0.315 e. The third kappa shape index (κ3) is 14.0. The largest absolute Gasteiger partial charge is 0.315 e. The van der Waals surface area contributed by atoms with Crippen molar-refractivity contribution < 1.29 is 0 Å². The van der Waals surface area contributed by atoms with Crippen LogP contribution in [-0.4, -0.2) is 12.6 Å². The highest BCUT2D eigenvalue weighted by Crippen LogP contribution is 2.22. The Labute approximate surface area is 97.0 Å². The SMILES string of the molecule is CC(C)NCCCCCCCC(C)(C)C. The lowest BCUT2D eigenvalue weighted by Gasteiger charge is -2.17. The first-order valence-corrected chi connectivity index (χ1v) is 6.65. The Hall–Kier alpha value is -0.0400. The number of rotatable bonds is 8. The molecule has 0 aromatic rings. The average molecular weight is 213 g/mol. The summed E-state index contributed by atoms with van der Waals surface area (Å²) in [6.45, 7) is 12.6. The third-order valence-electron chi connectivity index (χ3n) is 2.66. The summed E-state index contributed by atoms with van der Waals surface area (Å²) < 4.78 is 0. The normalized spacial score (nSPS) is 12.4. The lowest BCUT2D eigenvalue weighted by Crippen LogP contribution is -2.23. The molecule has 0 saturated heterocycles. The summed E-state index contributed by atoms with van der Waals surface area (Å²) in [7, 11) is 0. The van der Waals surface area contributed by atoms with Crippen molar-refractivity contribution in [3.05, 3.63) is 0 Å². The molecule has 0 amide bonds. The number of unbranched alkanes of at least 4 members (excludes halogenated alkanes) is 4. The van der Waals surface area contributed by atoms with Gasteiger partial charge in [-0.25, -0.2) is 0 Å². The Kier molecular flexibility index (Phi) is 8.13. The number of nitrogens with one attached hydrogen (secondary N) is 1. The van der Waals surface area contributed by atoms with Gasteiger partial charge in [0.15, 0.2) is 0 Å². The molecule has 0 aliphatic carbocycles. The van der Waals surface area contributed by atoms with Gasteiger partial charge in [-0.1, -0.05) is 60.3 Å². The van der Waals surface area contributed by atoms with Crippen LogP contribution in [0.4, 0.5) is 0 Å². The second kappa shape index (κ2) is 8.15. The van der Waals surface area contributed by atoms with Crippen molar-refractivity contribution in [3.63, 3.8) is 0 Å². The van der Waals surface area contributed by atoms with Gasteiger partial charge in [-0.05, 0) is 24.8 Å². The van der Waals surface area contributed by atoms with Crippen LogP contribution in [-0.2, 0) is 0 Å². The Morgan fingerprint density at radius 3 is 1.93 bits per heavy atom. The van der Waals surface area contributed by atoms with E-state index in [4.69, 9.17) is 0 Å². The fourth-order valence-electron chi connectivity index (χ4n) is 1.70. The Bertz CT molecular complexity index is 133. The van der Waals surface area contributed by atoms with Crippen LogP contribution < -0.4 is 5.32 Å². The van der Waals surface area contributed by atoms with Crippen LogP contribution in [0.15, 0.2) is 0 Å². The van der Waals surface area contributed by atoms with Gasteiger partial charge in [0.1, 0.15) is 0 Å². The first kappa shape index (κ1) is 15.0. The lowest BCUT2D eigenvalue weighted by molar-refractivity contribution is 0.356. The van der Waals surface area contributed by atoms with E-state index in [1.54, 1.807) is 0 Å². The van der Waals surface area contributed by atoms with E-state index < -0.39 is 0 Å². The second-order valence-corrected chi connectivity index (χ2v) is 6.19. The predicted octanol–water partition coefficient (Wildman–Crippen LogP) is 4.37. The summed E-state index contributed by atoms with van der Waals surface area (Å²) in [5.41, 5.74) is 0.527. The van der Waals surface area contributed by atoms with E-state index in [0.29, 0.717) is 11.5 Å². The summed E-state index contributed by atoms with van der Waals surface area (Å²) in [4.78, 5) is 0. The van der Waals surface area contributed by atoms with Crippen molar-refractivity contribution in [2.24, 2.45) is 5.41 Å². The van der Waals surface area contributed by atoms with Gasteiger partial charge in [0.25, 0.3) is 0 Å². The van der Waals surface area contributed by atoms with Crippen molar-refractivity contribution in [1.29, 1.82) is 0 Å². The monoisotopic (exact) mass is 213 g/mol. The minimum atomic E-state index is 0.527. The van der Waals surface area contributed by atoms with Crippen LogP contribution >= 0.6 is 0 Å². The lowest BCUT2D eigenvalue weighted by atomic mass is 9.89. The molecule has 92 valence electrons. The molecule has 1 N–H and O–H groups in total. The maximum absolute atomic E-state index is 3.46. The van der Waals surface area contributed by atoms with Crippen molar-refractivity contribution >= 4 is 0 Å². The van der Waals surface area contributed by atoms with Crippen molar-refractivity contribution in [2.45, 2.75) is 79.2 Å². The van der Waals surface area contributed by atoms with Crippen molar-refractivity contribution in [3.8, 4) is 0 Å². The molecule has 1 nitrogen and oxygen atoms in total. The Morgan fingerprint density at radius 2 is 1.40 bits per heavy atom. The maximum atomic E-state index is 3.46. The van der Waals surface area contributed by atoms with Gasteiger partial charge in [0, 0.05) is 6.04 Å². The van der Waals surface area contributed by atoms with Crippen LogP contribution in [0.1, 0.15) is 73.1 Å². The standard InChI is InChI=1S/C14H31N/c1-13(2)15-12-10-8-6-7-9-11-14(3,4)5/h13,15H,6-12H2,1-5H3. The van der Waals surface area contributed by atoms with E-state index in [1.165, 1.54) is 45.1 Å². The van der Waals surface area contributed by atoms with Gasteiger partial charge >= 0.3 is 0 Å². The zero-order valence-corrected chi connectivity index (χ0v) is 11.5. The molecule has 0 unspecified atom stereocenters. The highest BCUT2D eigenvalue weighted by Gasteiger charge is 2.08. The molecule has 1 heteroatoms. The summed E-state index contributed by atoms with van der Waals surface area (Å²) in [6, 6.07) is 0.644. The predicted molar refractivity (Wildman–Crippen MR) is 70.3 cm³/mol. The summed E-state index contributed by atoms with van der Waals surface area (Å²) in [5, 5.41) is 3.46. The molecule has 0 atom stereocenters. The first-order valence-electron chi connectivity index (χ1n) is 6.65. The second-order valence-electron chi connectivity index (χ2n) is 6.19. The summed E-state index contributed by atoms with van der Waals surface area (Å²) in [5.74, 6) is 0. The highest BCUT2D eigenvalue weighted by molar-refractivity contribution is 4.61. The molecule has 0 fully saturated rings. The number of hydrogen-bond acceptors (Lipinski definition) is 1. The zero-order valence-electron chi connectivity index (χ0n) is 11.5. The van der Waals surface area contributed by atoms with Crippen LogP contribution in [0.25, 0.3) is 0 Å². The van der Waals surface area contributed by atoms with Gasteiger partial charge in [0.2, 0.25) is 0 Å². The molecule has 0 spiro atoms. The van der Waals surface area contributed by atoms with E-state index in [9.17, 15) is 0 Å². The molecule has 0 aliphatic rings. The average Bonchev–Trinajstić information content (AvgIpc) is 2.07. The molecule has 15 heavy (non-hydrogen) atoms. The molecular weight excluding hydrogens is 182 g/mol. The zero-order chi connectivity index (χ0) is 11.7. The van der Waals surface area contributed by atoms with Crippen LogP contribution in [0.2, 0.25) is 0 Å². The molecule has 0 aromatic carbocycles. The third-order valence-corrected chi connectivity index (χ3v) is 2.66. The van der Waals surface area contributed by atoms with Crippen LogP contribution in [0, 0.1) is 5.41 Å². The quantitative estimate of drug-likeness (QED) is 0.590. The topological polar surface area (TPSA) is 12.0 Å². The first-order chi connectivity index (χ1) is 6.92. The fourth-order valence-corrected chi connectivity index (χ4v) is 1.70. The Balaban J connectivity index is 3.06. The maximum Gasteiger partial charge on any atom is 0.00103 e. The molecular formula is C14H31N. The van der Waals surface area contributed by atoms with E-state index in [0.717, 1.165) is 0 Å². The van der Waals surface area contributed by atoms with Crippen molar-refractivity contribution in [1.82, 2.24) is 5.32 Å². The summed E-state index contributed by atoms with van der Waals surface area (Å²) >= 11 is 0. The van der Waals surface area contributed by atoms with Crippen molar-refractivity contribution in [2.75, 3.05) is 6.54 Å². The highest BCUT2D eigenvalue weighted by atomic mass is 14.9. The van der Waals surface area contributed by atoms with Gasteiger partial charge in [-0.3, -0.25) is 0 Å². The van der Waals surface area contributed by atoms with E-state index in [2.05, 4.69) is 39.9 Å². The van der Waals surface area contributed by atoms with E-state index in [1.807, 2.05) is 0 Å². The molecule has 0 rings (SSSR count). The van der Waals surface area contributed by atoms with Gasteiger partial charge in [-0.2, -0.15) is 0 Å². The Morgan fingerprint density at radius 1 is 0.867 bits per heavy atom. The van der Waals surface area contributed by atoms with Crippen LogP contribution in [0.3, 0.4) is 0 Å². The van der Waals surface area contributed by atoms with E-state index >= 15 is 0 Å².